The van der Waals surface area contributed by atoms with E-state index < -0.39 is 17.6 Å². The maximum absolute atomic E-state index is 13.3. The van der Waals surface area contributed by atoms with Crippen molar-refractivity contribution in [2.24, 2.45) is 0 Å². The minimum atomic E-state index is -4.54. The van der Waals surface area contributed by atoms with Crippen molar-refractivity contribution in [1.82, 2.24) is 29.6 Å². The highest BCUT2D eigenvalue weighted by molar-refractivity contribution is 5.94. The topological polar surface area (TPSA) is 92.1 Å². The van der Waals surface area contributed by atoms with Crippen LogP contribution in [0.5, 0.6) is 0 Å². The molecule has 0 saturated carbocycles. The molecule has 1 saturated heterocycles. The molecule has 3 heterocycles. The molecule has 1 aromatic carbocycles. The number of carbonyl (C=O) groups is 1. The molecule has 1 fully saturated rings. The number of carbonyl (C=O) groups excluding carboxylic acids is 1. The third kappa shape index (κ3) is 5.94. The molecule has 12 heteroatoms. The van der Waals surface area contributed by atoms with Gasteiger partial charge in [0.05, 0.1) is 23.5 Å². The van der Waals surface area contributed by atoms with Crippen LogP contribution in [0.25, 0.3) is 5.69 Å². The van der Waals surface area contributed by atoms with Gasteiger partial charge in [0.25, 0.3) is 0 Å². The number of hydrogen-bond donors (Lipinski definition) is 1. The first-order chi connectivity index (χ1) is 16.6. The van der Waals surface area contributed by atoms with Gasteiger partial charge in [-0.25, -0.2) is 19.6 Å². The Kier molecular flexibility index (Phi) is 7.01. The molecule has 1 N–H and O–H groups in total. The van der Waals surface area contributed by atoms with Crippen molar-refractivity contribution in [3.8, 4) is 5.69 Å². The number of piperazine rings is 1. The molecule has 4 rings (SSSR count). The van der Waals surface area contributed by atoms with Gasteiger partial charge in [-0.2, -0.15) is 18.3 Å². The number of hydrogen-bond acceptors (Lipinski definition) is 7. The second-order valence-corrected chi connectivity index (χ2v) is 8.76. The van der Waals surface area contributed by atoms with E-state index in [1.165, 1.54) is 23.4 Å². The number of nitrogens with one attached hydrogen (secondary N) is 1. The van der Waals surface area contributed by atoms with E-state index in [9.17, 15) is 18.0 Å². The highest BCUT2D eigenvalue weighted by Crippen LogP contribution is 2.33. The first-order valence-electron chi connectivity index (χ1n) is 11.3. The van der Waals surface area contributed by atoms with Gasteiger partial charge in [0, 0.05) is 43.9 Å². The number of aromatic nitrogens is 5. The number of rotatable bonds is 6. The quantitative estimate of drug-likeness (QED) is 0.569. The summed E-state index contributed by atoms with van der Waals surface area (Å²) in [5.41, 5.74) is 0.372. The minimum Gasteiger partial charge on any atom is -0.354 e. The number of halogens is 3. The zero-order valence-electron chi connectivity index (χ0n) is 19.7. The SMILES string of the molecule is Cc1cc(N2CCN(CC(=O)Nc3cc(C(F)(F)F)ccc3-n3cncn3)CC2)nc(C(C)C)n1. The van der Waals surface area contributed by atoms with Crippen molar-refractivity contribution in [3.63, 3.8) is 0 Å². The zero-order chi connectivity index (χ0) is 25.2. The van der Waals surface area contributed by atoms with E-state index in [0.717, 1.165) is 29.5 Å². The smallest absolute Gasteiger partial charge is 0.354 e. The molecule has 3 aromatic rings. The molecule has 1 aliphatic heterocycles. The second-order valence-electron chi connectivity index (χ2n) is 8.76. The molecule has 9 nitrogen and oxygen atoms in total. The Hall–Kier alpha value is -3.54. The molecular weight excluding hydrogens is 461 g/mol. The van der Waals surface area contributed by atoms with Gasteiger partial charge in [-0.05, 0) is 25.1 Å². The molecule has 0 aliphatic carbocycles. The van der Waals surface area contributed by atoms with Crippen LogP contribution in [-0.4, -0.2) is 68.3 Å². The van der Waals surface area contributed by atoms with E-state index in [2.05, 4.69) is 30.3 Å². The van der Waals surface area contributed by atoms with Crippen LogP contribution in [0.2, 0.25) is 0 Å². The summed E-state index contributed by atoms with van der Waals surface area (Å²) in [5, 5.41) is 6.59. The molecule has 0 radical (unpaired) electrons. The molecule has 2 aromatic heterocycles. The molecular formula is C23H27F3N8O. The first-order valence-corrected chi connectivity index (χ1v) is 11.3. The fourth-order valence-electron chi connectivity index (χ4n) is 3.87. The van der Waals surface area contributed by atoms with Crippen molar-refractivity contribution >= 4 is 17.4 Å². The van der Waals surface area contributed by atoms with E-state index in [0.29, 0.717) is 31.9 Å². The fourth-order valence-corrected chi connectivity index (χ4v) is 3.87. The molecule has 35 heavy (non-hydrogen) atoms. The van der Waals surface area contributed by atoms with Crippen LogP contribution in [-0.2, 0) is 11.0 Å². The van der Waals surface area contributed by atoms with Crippen molar-refractivity contribution < 1.29 is 18.0 Å². The van der Waals surface area contributed by atoms with Crippen LogP contribution in [0.15, 0.2) is 36.9 Å². The average Bonchev–Trinajstić information content (AvgIpc) is 3.33. The number of amides is 1. The second kappa shape index (κ2) is 9.98. The Morgan fingerprint density at radius 3 is 2.49 bits per heavy atom. The lowest BCUT2D eigenvalue weighted by Crippen LogP contribution is -2.49. The predicted octanol–water partition coefficient (Wildman–Crippen LogP) is 3.27. The number of alkyl halides is 3. The average molecular weight is 489 g/mol. The highest BCUT2D eigenvalue weighted by atomic mass is 19.4. The predicted molar refractivity (Wildman–Crippen MR) is 125 cm³/mol. The minimum absolute atomic E-state index is 0.0200. The summed E-state index contributed by atoms with van der Waals surface area (Å²) in [7, 11) is 0. The van der Waals surface area contributed by atoms with Gasteiger partial charge in [-0.1, -0.05) is 13.8 Å². The monoisotopic (exact) mass is 488 g/mol. The molecule has 0 bridgehead atoms. The number of anilines is 2. The molecule has 0 unspecified atom stereocenters. The maximum Gasteiger partial charge on any atom is 0.416 e. The third-order valence-corrected chi connectivity index (χ3v) is 5.70. The van der Waals surface area contributed by atoms with Crippen LogP contribution < -0.4 is 10.2 Å². The van der Waals surface area contributed by atoms with Crippen molar-refractivity contribution in [1.29, 1.82) is 0 Å². The van der Waals surface area contributed by atoms with Crippen LogP contribution in [0.3, 0.4) is 0 Å². The van der Waals surface area contributed by atoms with E-state index in [-0.39, 0.29) is 18.2 Å². The Morgan fingerprint density at radius 2 is 1.86 bits per heavy atom. The van der Waals surface area contributed by atoms with Gasteiger partial charge in [0.15, 0.2) is 0 Å². The Bertz CT molecular complexity index is 1170. The van der Waals surface area contributed by atoms with Crippen LogP contribution >= 0.6 is 0 Å². The number of benzene rings is 1. The summed E-state index contributed by atoms with van der Waals surface area (Å²) in [5.74, 6) is 1.48. The number of nitrogens with zero attached hydrogens (tertiary/aromatic N) is 7. The summed E-state index contributed by atoms with van der Waals surface area (Å²) >= 11 is 0. The molecule has 0 atom stereocenters. The normalized spacial score (nSPS) is 15.0. The lowest BCUT2D eigenvalue weighted by Gasteiger charge is -2.35. The van der Waals surface area contributed by atoms with Gasteiger partial charge < -0.3 is 10.2 Å². The van der Waals surface area contributed by atoms with Crippen LogP contribution in [0.1, 0.15) is 36.8 Å². The van der Waals surface area contributed by atoms with Gasteiger partial charge in [0.2, 0.25) is 5.91 Å². The molecule has 186 valence electrons. The summed E-state index contributed by atoms with van der Waals surface area (Å²) in [6.07, 6.45) is -1.91. The standard InChI is InChI=1S/C23H27F3N8O/c1-15(2)22-29-16(3)10-20(31-22)33-8-6-32(7-9-33)12-21(35)30-18-11-17(23(24,25)26)4-5-19(18)34-14-27-13-28-34/h4-5,10-11,13-15H,6-9,12H2,1-3H3,(H,30,35). The van der Waals surface area contributed by atoms with Gasteiger partial charge in [-0.3, -0.25) is 9.69 Å². The molecule has 1 amide bonds. The summed E-state index contributed by atoms with van der Waals surface area (Å²) in [6.45, 7) is 8.68. The van der Waals surface area contributed by atoms with Gasteiger partial charge in [-0.15, -0.1) is 0 Å². The van der Waals surface area contributed by atoms with Crippen molar-refractivity contribution in [3.05, 3.63) is 54.0 Å². The maximum atomic E-state index is 13.3. The summed E-state index contributed by atoms with van der Waals surface area (Å²) in [6, 6.07) is 5.08. The summed E-state index contributed by atoms with van der Waals surface area (Å²) < 4.78 is 41.1. The first kappa shape index (κ1) is 24.6. The van der Waals surface area contributed by atoms with Gasteiger partial charge in [0.1, 0.15) is 24.3 Å². The van der Waals surface area contributed by atoms with E-state index in [1.807, 2.05) is 31.7 Å². The van der Waals surface area contributed by atoms with E-state index in [1.54, 1.807) is 0 Å². The number of aryl methyl sites for hydroxylation is 1. The van der Waals surface area contributed by atoms with E-state index >= 15 is 0 Å². The summed E-state index contributed by atoms with van der Waals surface area (Å²) in [4.78, 5) is 29.9. The van der Waals surface area contributed by atoms with Crippen LogP contribution in [0, 0.1) is 6.92 Å². The van der Waals surface area contributed by atoms with Crippen LogP contribution in [0.4, 0.5) is 24.7 Å². The van der Waals surface area contributed by atoms with E-state index in [4.69, 9.17) is 0 Å². The Balaban J connectivity index is 1.41. The largest absolute Gasteiger partial charge is 0.416 e. The zero-order valence-corrected chi connectivity index (χ0v) is 19.7. The Labute approximate surface area is 201 Å². The lowest BCUT2D eigenvalue weighted by molar-refractivity contribution is -0.137. The Morgan fingerprint density at radius 1 is 1.11 bits per heavy atom. The molecule has 0 spiro atoms. The lowest BCUT2D eigenvalue weighted by atomic mass is 10.1. The van der Waals surface area contributed by atoms with Crippen molar-refractivity contribution in [2.45, 2.75) is 32.9 Å². The van der Waals surface area contributed by atoms with Crippen molar-refractivity contribution in [2.75, 3.05) is 42.9 Å². The highest BCUT2D eigenvalue weighted by Gasteiger charge is 2.31. The van der Waals surface area contributed by atoms with Gasteiger partial charge >= 0.3 is 6.18 Å². The third-order valence-electron chi connectivity index (χ3n) is 5.70. The molecule has 1 aliphatic rings. The fraction of sp³-hybridized carbons (Fsp3) is 0.435.